The summed E-state index contributed by atoms with van der Waals surface area (Å²) in [7, 11) is 0. The van der Waals surface area contributed by atoms with E-state index in [-0.39, 0.29) is 0 Å². The van der Waals surface area contributed by atoms with E-state index in [1.807, 2.05) is 30.3 Å². The van der Waals surface area contributed by atoms with Crippen LogP contribution in [-0.2, 0) is 13.1 Å². The lowest BCUT2D eigenvalue weighted by atomic mass is 10.1. The molecule has 1 rings (SSSR count). The Labute approximate surface area is 83.8 Å². The van der Waals surface area contributed by atoms with Gasteiger partial charge in [0.25, 0.3) is 0 Å². The van der Waals surface area contributed by atoms with Crippen molar-refractivity contribution >= 4 is 0 Å². The van der Waals surface area contributed by atoms with Crippen molar-refractivity contribution < 1.29 is 0 Å². The fraction of sp³-hybridized carbons (Fsp3) is 0.182. The van der Waals surface area contributed by atoms with Crippen LogP contribution in [0.1, 0.15) is 11.1 Å². The van der Waals surface area contributed by atoms with Gasteiger partial charge in [-0.25, -0.2) is 0 Å². The minimum Gasteiger partial charge on any atom is -0.373 e. The highest BCUT2D eigenvalue weighted by molar-refractivity contribution is 5.28. The summed E-state index contributed by atoms with van der Waals surface area (Å²) in [6.07, 6.45) is 0. The van der Waals surface area contributed by atoms with Crippen LogP contribution in [0.4, 0.5) is 0 Å². The Hall–Kier alpha value is -1.79. The lowest BCUT2D eigenvalue weighted by Crippen LogP contribution is -2.13. The number of nitriles is 1. The highest BCUT2D eigenvalue weighted by Gasteiger charge is 1.99. The Morgan fingerprint density at radius 2 is 2.07 bits per heavy atom. The molecule has 0 amide bonds. The second kappa shape index (κ2) is 5.05. The van der Waals surface area contributed by atoms with Gasteiger partial charge in [-0.1, -0.05) is 30.8 Å². The molecule has 14 heavy (non-hydrogen) atoms. The van der Waals surface area contributed by atoms with E-state index in [9.17, 15) is 0 Å². The average molecular weight is 187 g/mol. The molecule has 0 spiro atoms. The van der Waals surface area contributed by atoms with E-state index in [1.165, 1.54) is 0 Å². The third-order valence-electron chi connectivity index (χ3n) is 1.97. The Balaban J connectivity index is 2.67. The van der Waals surface area contributed by atoms with Crippen LogP contribution >= 0.6 is 0 Å². The van der Waals surface area contributed by atoms with Gasteiger partial charge >= 0.3 is 0 Å². The molecule has 0 aliphatic rings. The second-order valence-corrected chi connectivity index (χ2v) is 2.92. The molecular formula is C11H13N3. The summed E-state index contributed by atoms with van der Waals surface area (Å²) >= 11 is 0. The quantitative estimate of drug-likeness (QED) is 0.698. The number of allylic oxidation sites excluding steroid dienone is 1. The predicted molar refractivity (Wildman–Crippen MR) is 55.9 cm³/mol. The number of rotatable bonds is 4. The third-order valence-corrected chi connectivity index (χ3v) is 1.97. The second-order valence-electron chi connectivity index (χ2n) is 2.92. The molecule has 3 nitrogen and oxygen atoms in total. The van der Waals surface area contributed by atoms with E-state index >= 15 is 0 Å². The average Bonchev–Trinajstić information content (AvgIpc) is 2.26. The van der Waals surface area contributed by atoms with Crippen molar-refractivity contribution in [2.75, 3.05) is 0 Å². The van der Waals surface area contributed by atoms with Crippen LogP contribution in [0, 0.1) is 11.3 Å². The summed E-state index contributed by atoms with van der Waals surface area (Å²) < 4.78 is 0. The molecular weight excluding hydrogens is 174 g/mol. The number of nitrogens with zero attached hydrogens (tertiary/aromatic N) is 1. The molecule has 0 heterocycles. The van der Waals surface area contributed by atoms with E-state index in [1.54, 1.807) is 0 Å². The molecule has 0 saturated heterocycles. The maximum absolute atomic E-state index is 8.50. The van der Waals surface area contributed by atoms with E-state index in [0.717, 1.165) is 11.1 Å². The minimum absolute atomic E-state index is 0.372. The summed E-state index contributed by atoms with van der Waals surface area (Å²) in [5.74, 6) is 0. The summed E-state index contributed by atoms with van der Waals surface area (Å²) in [6, 6.07) is 9.80. The standard InChI is InChI=1S/C11H13N3/c1-9(6-12)14-8-11-5-3-2-4-10(11)7-13/h2-5,14H,1,7-8,13H2. The van der Waals surface area contributed by atoms with E-state index in [2.05, 4.69) is 11.9 Å². The van der Waals surface area contributed by atoms with Gasteiger partial charge in [-0.2, -0.15) is 5.26 Å². The smallest absolute Gasteiger partial charge is 0.116 e. The Bertz CT molecular complexity index is 363. The third kappa shape index (κ3) is 2.61. The minimum atomic E-state index is 0.372. The molecule has 0 radical (unpaired) electrons. The normalized spacial score (nSPS) is 9.14. The van der Waals surface area contributed by atoms with Gasteiger partial charge in [-0.15, -0.1) is 0 Å². The lowest BCUT2D eigenvalue weighted by molar-refractivity contribution is 0.823. The Morgan fingerprint density at radius 3 is 2.64 bits per heavy atom. The van der Waals surface area contributed by atoms with Gasteiger partial charge in [-0.05, 0) is 11.1 Å². The van der Waals surface area contributed by atoms with Gasteiger partial charge in [0.1, 0.15) is 11.8 Å². The zero-order chi connectivity index (χ0) is 10.4. The van der Waals surface area contributed by atoms with Crippen LogP contribution in [0.15, 0.2) is 36.5 Å². The van der Waals surface area contributed by atoms with Crippen molar-refractivity contribution in [2.24, 2.45) is 5.73 Å². The fourth-order valence-electron chi connectivity index (χ4n) is 1.17. The van der Waals surface area contributed by atoms with Crippen molar-refractivity contribution in [3.8, 4) is 6.07 Å². The number of benzene rings is 1. The van der Waals surface area contributed by atoms with E-state index in [0.29, 0.717) is 18.8 Å². The van der Waals surface area contributed by atoms with E-state index < -0.39 is 0 Å². The van der Waals surface area contributed by atoms with Crippen molar-refractivity contribution in [1.29, 1.82) is 5.26 Å². The van der Waals surface area contributed by atoms with Gasteiger partial charge < -0.3 is 11.1 Å². The maximum Gasteiger partial charge on any atom is 0.116 e. The monoisotopic (exact) mass is 187 g/mol. The summed E-state index contributed by atoms with van der Waals surface area (Å²) in [5, 5.41) is 11.4. The van der Waals surface area contributed by atoms with Crippen molar-refractivity contribution in [3.63, 3.8) is 0 Å². The Morgan fingerprint density at radius 1 is 1.43 bits per heavy atom. The van der Waals surface area contributed by atoms with Gasteiger partial charge in [0.15, 0.2) is 0 Å². The zero-order valence-electron chi connectivity index (χ0n) is 7.96. The van der Waals surface area contributed by atoms with Crippen LogP contribution in [0.25, 0.3) is 0 Å². The molecule has 1 aromatic rings. The fourth-order valence-corrected chi connectivity index (χ4v) is 1.17. The van der Waals surface area contributed by atoms with Crippen LogP contribution in [0.2, 0.25) is 0 Å². The number of nitrogens with one attached hydrogen (secondary N) is 1. The number of nitrogens with two attached hydrogens (primary N) is 1. The first-order chi connectivity index (χ1) is 6.77. The molecule has 0 aromatic heterocycles. The summed E-state index contributed by atoms with van der Waals surface area (Å²) in [5.41, 5.74) is 8.14. The van der Waals surface area contributed by atoms with Gasteiger partial charge in [0, 0.05) is 13.1 Å². The molecule has 3 heteroatoms. The molecule has 0 unspecified atom stereocenters. The SMILES string of the molecule is C=C(C#N)NCc1ccccc1CN. The molecule has 0 atom stereocenters. The van der Waals surface area contributed by atoms with Crippen molar-refractivity contribution in [1.82, 2.24) is 5.32 Å². The summed E-state index contributed by atoms with van der Waals surface area (Å²) in [6.45, 7) is 4.65. The molecule has 0 aliphatic heterocycles. The van der Waals surface area contributed by atoms with Gasteiger partial charge in [0.2, 0.25) is 0 Å². The molecule has 0 bridgehead atoms. The van der Waals surface area contributed by atoms with Gasteiger partial charge in [-0.3, -0.25) is 0 Å². The van der Waals surface area contributed by atoms with Crippen LogP contribution in [0.5, 0.6) is 0 Å². The molecule has 1 aromatic carbocycles. The van der Waals surface area contributed by atoms with Gasteiger partial charge in [0.05, 0.1) is 0 Å². The molecule has 0 saturated carbocycles. The molecule has 72 valence electrons. The lowest BCUT2D eigenvalue weighted by Gasteiger charge is -2.08. The maximum atomic E-state index is 8.50. The number of hydrogen-bond acceptors (Lipinski definition) is 3. The highest BCUT2D eigenvalue weighted by Crippen LogP contribution is 2.07. The zero-order valence-corrected chi connectivity index (χ0v) is 7.96. The highest BCUT2D eigenvalue weighted by atomic mass is 14.9. The molecule has 0 fully saturated rings. The first kappa shape index (κ1) is 10.3. The Kier molecular flexibility index (Phi) is 3.71. The van der Waals surface area contributed by atoms with Crippen LogP contribution in [-0.4, -0.2) is 0 Å². The number of hydrogen-bond donors (Lipinski definition) is 2. The van der Waals surface area contributed by atoms with E-state index in [4.69, 9.17) is 11.0 Å². The molecule has 0 aliphatic carbocycles. The largest absolute Gasteiger partial charge is 0.373 e. The van der Waals surface area contributed by atoms with Crippen LogP contribution in [0.3, 0.4) is 0 Å². The van der Waals surface area contributed by atoms with Crippen molar-refractivity contribution in [2.45, 2.75) is 13.1 Å². The molecule has 3 N–H and O–H groups in total. The van der Waals surface area contributed by atoms with Crippen molar-refractivity contribution in [3.05, 3.63) is 47.7 Å². The first-order valence-electron chi connectivity index (χ1n) is 4.37. The topological polar surface area (TPSA) is 61.8 Å². The summed E-state index contributed by atoms with van der Waals surface area (Å²) in [4.78, 5) is 0. The predicted octanol–water partition coefficient (Wildman–Crippen LogP) is 1.27. The van der Waals surface area contributed by atoms with Crippen LogP contribution < -0.4 is 11.1 Å². The first-order valence-corrected chi connectivity index (χ1v) is 4.37.